The summed E-state index contributed by atoms with van der Waals surface area (Å²) < 4.78 is 0. The van der Waals surface area contributed by atoms with E-state index in [4.69, 9.17) is 0 Å². The monoisotopic (exact) mass is 411 g/mol. The van der Waals surface area contributed by atoms with Gasteiger partial charge in [0, 0.05) is 0 Å². The van der Waals surface area contributed by atoms with Crippen LogP contribution in [0.25, 0.3) is 0 Å². The number of imide groups is 1. The van der Waals surface area contributed by atoms with Gasteiger partial charge in [-0.2, -0.15) is 0 Å². The Morgan fingerprint density at radius 1 is 0.733 bits per heavy atom. The molecule has 0 bridgehead atoms. The van der Waals surface area contributed by atoms with Crippen LogP contribution in [-0.2, 0) is 0 Å². The molecule has 1 aliphatic rings. The Morgan fingerprint density at radius 2 is 1.20 bits per heavy atom. The number of nitrogens with zero attached hydrogens (tertiary/aromatic N) is 1. The largest absolute Gasteiger partial charge is 0.269 e. The number of amides is 2. The highest BCUT2D eigenvalue weighted by Gasteiger charge is 2.38. The maximum Gasteiger partial charge on any atom is 0.262 e. The van der Waals surface area contributed by atoms with Gasteiger partial charge in [-0.3, -0.25) is 14.5 Å². The fraction of sp³-hybridized carbons (Fsp3) is 0.630. The van der Waals surface area contributed by atoms with Crippen LogP contribution < -0.4 is 0 Å². The number of rotatable bonds is 16. The molecule has 1 aromatic carbocycles. The maximum atomic E-state index is 12.6. The molecule has 0 saturated carbocycles. The number of carbonyl (C=O) groups is 2. The van der Waals surface area contributed by atoms with E-state index in [0.717, 1.165) is 12.8 Å². The van der Waals surface area contributed by atoms with Gasteiger partial charge < -0.3 is 0 Å². The standard InChI is InChI=1S/C27H41NO2/c1-3-5-6-7-8-9-10-11-12-13-14-15-16-17-20-23(4-2)28-26(29)24-21-18-19-22-25(24)27(28)30/h17-23H,3-16H2,1-2H3/b20-17-/t23-/m0/s1. The highest BCUT2D eigenvalue weighted by molar-refractivity contribution is 6.21. The van der Waals surface area contributed by atoms with E-state index < -0.39 is 0 Å². The first-order valence-corrected chi connectivity index (χ1v) is 12.3. The van der Waals surface area contributed by atoms with E-state index in [9.17, 15) is 9.59 Å². The summed E-state index contributed by atoms with van der Waals surface area (Å²) in [6.45, 7) is 4.30. The molecule has 1 aromatic rings. The van der Waals surface area contributed by atoms with Gasteiger partial charge in [0.1, 0.15) is 0 Å². The molecular weight excluding hydrogens is 370 g/mol. The lowest BCUT2D eigenvalue weighted by Gasteiger charge is -2.22. The van der Waals surface area contributed by atoms with E-state index in [2.05, 4.69) is 19.1 Å². The van der Waals surface area contributed by atoms with Crippen LogP contribution in [0, 0.1) is 0 Å². The maximum absolute atomic E-state index is 12.6. The van der Waals surface area contributed by atoms with Crippen molar-refractivity contribution in [3.63, 3.8) is 0 Å². The Kier molecular flexibility index (Phi) is 11.5. The number of allylic oxidation sites excluding steroid dienone is 1. The lowest BCUT2D eigenvalue weighted by Crippen LogP contribution is -2.38. The fourth-order valence-electron chi connectivity index (χ4n) is 4.27. The molecule has 2 amide bonds. The average molecular weight is 412 g/mol. The third-order valence-electron chi connectivity index (χ3n) is 6.16. The Balaban J connectivity index is 1.57. The normalized spacial score (nSPS) is 14.7. The summed E-state index contributed by atoms with van der Waals surface area (Å²) in [4.78, 5) is 26.7. The molecule has 1 heterocycles. The van der Waals surface area contributed by atoms with Gasteiger partial charge in [-0.15, -0.1) is 0 Å². The summed E-state index contributed by atoms with van der Waals surface area (Å²) in [6, 6.07) is 6.99. The molecule has 0 aliphatic carbocycles. The first-order valence-electron chi connectivity index (χ1n) is 12.3. The minimum Gasteiger partial charge on any atom is -0.269 e. The third kappa shape index (κ3) is 7.41. The van der Waals surface area contributed by atoms with Crippen molar-refractivity contribution in [3.05, 3.63) is 47.5 Å². The summed E-state index contributed by atoms with van der Waals surface area (Å²) in [7, 11) is 0. The lowest BCUT2D eigenvalue weighted by atomic mass is 10.0. The molecule has 30 heavy (non-hydrogen) atoms. The molecule has 0 N–H and O–H groups in total. The summed E-state index contributed by atoms with van der Waals surface area (Å²) in [6.07, 6.45) is 22.3. The zero-order valence-corrected chi connectivity index (χ0v) is 19.2. The quantitative estimate of drug-likeness (QED) is 0.159. The number of hydrogen-bond acceptors (Lipinski definition) is 2. The second-order valence-corrected chi connectivity index (χ2v) is 8.61. The summed E-state index contributed by atoms with van der Waals surface area (Å²) >= 11 is 0. The van der Waals surface area contributed by atoms with Crippen molar-refractivity contribution in [2.45, 2.75) is 110 Å². The van der Waals surface area contributed by atoms with Crippen LogP contribution in [0.4, 0.5) is 0 Å². The highest BCUT2D eigenvalue weighted by Crippen LogP contribution is 2.26. The summed E-state index contributed by atoms with van der Waals surface area (Å²) in [5.41, 5.74) is 1.07. The van der Waals surface area contributed by atoms with Gasteiger partial charge in [0.05, 0.1) is 17.2 Å². The van der Waals surface area contributed by atoms with Gasteiger partial charge in [0.15, 0.2) is 0 Å². The number of fused-ring (bicyclic) bond motifs is 1. The Labute approximate surface area is 183 Å². The van der Waals surface area contributed by atoms with Crippen LogP contribution in [0.2, 0.25) is 0 Å². The minimum atomic E-state index is -0.155. The van der Waals surface area contributed by atoms with Crippen LogP contribution in [-0.4, -0.2) is 22.8 Å². The van der Waals surface area contributed by atoms with Crippen molar-refractivity contribution in [2.24, 2.45) is 0 Å². The molecule has 2 rings (SSSR count). The van der Waals surface area contributed by atoms with Crippen LogP contribution in [0.1, 0.15) is 124 Å². The second-order valence-electron chi connectivity index (χ2n) is 8.61. The molecule has 166 valence electrons. The van der Waals surface area contributed by atoms with E-state index >= 15 is 0 Å². The summed E-state index contributed by atoms with van der Waals surface area (Å²) in [5.74, 6) is -0.310. The first-order chi connectivity index (χ1) is 14.7. The van der Waals surface area contributed by atoms with Gasteiger partial charge in [-0.1, -0.05) is 109 Å². The zero-order valence-electron chi connectivity index (χ0n) is 19.2. The predicted molar refractivity (Wildman–Crippen MR) is 126 cm³/mol. The molecule has 1 atom stereocenters. The van der Waals surface area contributed by atoms with Gasteiger partial charge in [0.2, 0.25) is 0 Å². The average Bonchev–Trinajstić information content (AvgIpc) is 3.02. The first kappa shape index (κ1) is 24.4. The molecule has 0 spiro atoms. The number of benzene rings is 1. The van der Waals surface area contributed by atoms with E-state index in [0.29, 0.717) is 11.1 Å². The SMILES string of the molecule is CCCCCCCCCCCCCC/C=C\[C@H](CC)N1C(=O)c2ccccc2C1=O. The summed E-state index contributed by atoms with van der Waals surface area (Å²) in [5, 5.41) is 0. The smallest absolute Gasteiger partial charge is 0.262 e. The van der Waals surface area contributed by atoms with E-state index in [1.54, 1.807) is 12.1 Å². The van der Waals surface area contributed by atoms with Gasteiger partial charge in [-0.25, -0.2) is 0 Å². The molecule has 1 aliphatic heterocycles. The van der Waals surface area contributed by atoms with Crippen molar-refractivity contribution < 1.29 is 9.59 Å². The van der Waals surface area contributed by atoms with Crippen molar-refractivity contribution >= 4 is 11.8 Å². The lowest BCUT2D eigenvalue weighted by molar-refractivity contribution is 0.0612. The van der Waals surface area contributed by atoms with E-state index in [1.807, 2.05) is 19.1 Å². The number of unbranched alkanes of at least 4 members (excludes halogenated alkanes) is 12. The van der Waals surface area contributed by atoms with Gasteiger partial charge in [-0.05, 0) is 31.4 Å². The zero-order chi connectivity index (χ0) is 21.6. The second kappa shape index (κ2) is 14.2. The molecule has 0 aromatic heterocycles. The van der Waals surface area contributed by atoms with Crippen LogP contribution in [0.5, 0.6) is 0 Å². The van der Waals surface area contributed by atoms with Crippen molar-refractivity contribution in [3.8, 4) is 0 Å². The molecule has 0 saturated heterocycles. The highest BCUT2D eigenvalue weighted by atomic mass is 16.2. The molecule has 3 nitrogen and oxygen atoms in total. The van der Waals surface area contributed by atoms with Crippen LogP contribution in [0.3, 0.4) is 0 Å². The third-order valence-corrected chi connectivity index (χ3v) is 6.16. The fourth-order valence-corrected chi connectivity index (χ4v) is 4.27. The predicted octanol–water partition coefficient (Wildman–Crippen LogP) is 7.71. The van der Waals surface area contributed by atoms with Crippen molar-refractivity contribution in [2.75, 3.05) is 0 Å². The number of hydrogen-bond donors (Lipinski definition) is 0. The van der Waals surface area contributed by atoms with Crippen molar-refractivity contribution in [1.29, 1.82) is 0 Å². The molecular formula is C27H41NO2. The molecule has 0 unspecified atom stereocenters. The van der Waals surface area contributed by atoms with E-state index in [1.165, 1.54) is 81.9 Å². The molecule has 0 fully saturated rings. The number of carbonyl (C=O) groups excluding carboxylic acids is 2. The van der Waals surface area contributed by atoms with Gasteiger partial charge >= 0.3 is 0 Å². The topological polar surface area (TPSA) is 37.4 Å². The van der Waals surface area contributed by atoms with Crippen LogP contribution in [0.15, 0.2) is 36.4 Å². The minimum absolute atomic E-state index is 0.144. The van der Waals surface area contributed by atoms with E-state index in [-0.39, 0.29) is 17.9 Å². The van der Waals surface area contributed by atoms with Crippen molar-refractivity contribution in [1.82, 2.24) is 4.90 Å². The van der Waals surface area contributed by atoms with Gasteiger partial charge in [0.25, 0.3) is 11.8 Å². The Bertz CT molecular complexity index is 644. The van der Waals surface area contributed by atoms with Crippen LogP contribution >= 0.6 is 0 Å². The molecule has 0 radical (unpaired) electrons. The Morgan fingerprint density at radius 3 is 1.67 bits per heavy atom. The molecule has 3 heteroatoms. The Hall–Kier alpha value is -1.90.